The molecule has 2 rings (SSSR count). The molecule has 0 saturated carbocycles. The van der Waals surface area contributed by atoms with E-state index in [1.807, 2.05) is 12.4 Å². The fourth-order valence-electron chi connectivity index (χ4n) is 3.00. The molecule has 1 unspecified atom stereocenters. The highest BCUT2D eigenvalue weighted by Crippen LogP contribution is 2.17. The van der Waals surface area contributed by atoms with Gasteiger partial charge < -0.3 is 5.32 Å². The minimum Gasteiger partial charge on any atom is -0.369 e. The first-order valence-electron chi connectivity index (χ1n) is 8.20. The van der Waals surface area contributed by atoms with Crippen LogP contribution in [0.25, 0.3) is 0 Å². The molecule has 1 aromatic rings. The molecule has 1 saturated heterocycles. The topological polar surface area (TPSA) is 44.3 Å². The average Bonchev–Trinajstić information content (AvgIpc) is 2.93. The number of hydrogen-bond acceptors (Lipinski definition) is 5. The number of anilines is 1. The molecule has 0 aliphatic carbocycles. The standard InChI is InChI=1S/C16H29N5/c1-4-8-17-16-11-18-14(10-19-16)12-20(3)13-15-7-6-9-21(15)5-2/h10-11,15H,4-9,12-13H2,1-3H3,(H,17,19). The van der Waals surface area contributed by atoms with E-state index >= 15 is 0 Å². The number of rotatable bonds is 8. The second-order valence-electron chi connectivity index (χ2n) is 5.94. The third kappa shape index (κ3) is 4.93. The minimum absolute atomic E-state index is 0.707. The number of hydrogen-bond donors (Lipinski definition) is 1. The van der Waals surface area contributed by atoms with Crippen molar-refractivity contribution in [3.63, 3.8) is 0 Å². The molecular formula is C16H29N5. The maximum atomic E-state index is 4.51. The van der Waals surface area contributed by atoms with Crippen LogP contribution in [0.1, 0.15) is 38.8 Å². The average molecular weight is 291 g/mol. The van der Waals surface area contributed by atoms with E-state index in [9.17, 15) is 0 Å². The maximum absolute atomic E-state index is 4.51. The summed E-state index contributed by atoms with van der Waals surface area (Å²) >= 11 is 0. The van der Waals surface area contributed by atoms with E-state index < -0.39 is 0 Å². The number of aromatic nitrogens is 2. The summed E-state index contributed by atoms with van der Waals surface area (Å²) in [7, 11) is 2.18. The Hall–Kier alpha value is -1.20. The number of nitrogens with zero attached hydrogens (tertiary/aromatic N) is 4. The van der Waals surface area contributed by atoms with Gasteiger partial charge in [-0.25, -0.2) is 4.98 Å². The van der Waals surface area contributed by atoms with Crippen molar-refractivity contribution in [2.24, 2.45) is 0 Å². The van der Waals surface area contributed by atoms with Gasteiger partial charge in [-0.15, -0.1) is 0 Å². The lowest BCUT2D eigenvalue weighted by Crippen LogP contribution is -2.38. The van der Waals surface area contributed by atoms with Gasteiger partial charge in [0.1, 0.15) is 5.82 Å². The lowest BCUT2D eigenvalue weighted by molar-refractivity contribution is 0.193. The lowest BCUT2D eigenvalue weighted by atomic mass is 10.2. The van der Waals surface area contributed by atoms with Gasteiger partial charge in [-0.05, 0) is 39.4 Å². The fraction of sp³-hybridized carbons (Fsp3) is 0.750. The molecule has 1 aliphatic rings. The van der Waals surface area contributed by atoms with E-state index in [2.05, 4.69) is 46.0 Å². The van der Waals surface area contributed by atoms with Crippen LogP contribution in [0, 0.1) is 0 Å². The van der Waals surface area contributed by atoms with Gasteiger partial charge in [0.15, 0.2) is 0 Å². The van der Waals surface area contributed by atoms with Crippen LogP contribution in [0.3, 0.4) is 0 Å². The zero-order valence-corrected chi connectivity index (χ0v) is 13.7. The summed E-state index contributed by atoms with van der Waals surface area (Å²) in [4.78, 5) is 13.9. The zero-order valence-electron chi connectivity index (χ0n) is 13.7. The largest absolute Gasteiger partial charge is 0.369 e. The van der Waals surface area contributed by atoms with Gasteiger partial charge in [-0.2, -0.15) is 0 Å². The highest BCUT2D eigenvalue weighted by molar-refractivity contribution is 5.30. The summed E-state index contributed by atoms with van der Waals surface area (Å²) in [5, 5.41) is 3.25. The van der Waals surface area contributed by atoms with E-state index in [1.165, 1.54) is 19.4 Å². The molecule has 5 nitrogen and oxygen atoms in total. The highest BCUT2D eigenvalue weighted by atomic mass is 15.2. The Balaban J connectivity index is 1.80. The van der Waals surface area contributed by atoms with Gasteiger partial charge in [-0.3, -0.25) is 14.8 Å². The monoisotopic (exact) mass is 291 g/mol. The van der Waals surface area contributed by atoms with Crippen LogP contribution in [0.4, 0.5) is 5.82 Å². The molecule has 0 spiro atoms. The Bertz CT molecular complexity index is 406. The molecule has 0 amide bonds. The van der Waals surface area contributed by atoms with E-state index in [-0.39, 0.29) is 0 Å². The highest BCUT2D eigenvalue weighted by Gasteiger charge is 2.23. The third-order valence-electron chi connectivity index (χ3n) is 4.12. The quantitative estimate of drug-likeness (QED) is 0.795. The van der Waals surface area contributed by atoms with Crippen molar-refractivity contribution < 1.29 is 0 Å². The second kappa shape index (κ2) is 8.29. The van der Waals surface area contributed by atoms with E-state index in [4.69, 9.17) is 0 Å². The summed E-state index contributed by atoms with van der Waals surface area (Å²) < 4.78 is 0. The Morgan fingerprint density at radius 3 is 2.86 bits per heavy atom. The third-order valence-corrected chi connectivity index (χ3v) is 4.12. The fourth-order valence-corrected chi connectivity index (χ4v) is 3.00. The molecule has 1 atom stereocenters. The molecule has 118 valence electrons. The van der Waals surface area contributed by atoms with Crippen molar-refractivity contribution in [1.82, 2.24) is 19.8 Å². The molecule has 5 heteroatoms. The van der Waals surface area contributed by atoms with Crippen molar-refractivity contribution >= 4 is 5.82 Å². The summed E-state index contributed by atoms with van der Waals surface area (Å²) in [6, 6.07) is 0.707. The predicted molar refractivity (Wildman–Crippen MR) is 87.4 cm³/mol. The van der Waals surface area contributed by atoms with Gasteiger partial charge in [0.2, 0.25) is 0 Å². The maximum Gasteiger partial charge on any atom is 0.144 e. The summed E-state index contributed by atoms with van der Waals surface area (Å²) in [5.74, 6) is 0.871. The van der Waals surface area contributed by atoms with Crippen molar-refractivity contribution in [3.8, 4) is 0 Å². The van der Waals surface area contributed by atoms with E-state index in [0.717, 1.165) is 44.1 Å². The first-order chi connectivity index (χ1) is 10.2. The van der Waals surface area contributed by atoms with Gasteiger partial charge >= 0.3 is 0 Å². The molecule has 0 radical (unpaired) electrons. The Morgan fingerprint density at radius 2 is 2.19 bits per heavy atom. The molecule has 2 heterocycles. The van der Waals surface area contributed by atoms with Gasteiger partial charge in [0.25, 0.3) is 0 Å². The first kappa shape index (κ1) is 16.2. The van der Waals surface area contributed by atoms with Crippen molar-refractivity contribution in [3.05, 3.63) is 18.1 Å². The smallest absolute Gasteiger partial charge is 0.144 e. The molecule has 1 fully saturated rings. The van der Waals surface area contributed by atoms with Crippen LogP contribution >= 0.6 is 0 Å². The van der Waals surface area contributed by atoms with Crippen molar-refractivity contribution in [2.45, 2.75) is 45.7 Å². The normalized spacial score (nSPS) is 19.3. The first-order valence-corrected chi connectivity index (χ1v) is 8.20. The predicted octanol–water partition coefficient (Wildman–Crippen LogP) is 2.21. The number of likely N-dealkylation sites (tertiary alicyclic amines) is 1. The van der Waals surface area contributed by atoms with Crippen molar-refractivity contribution in [2.75, 3.05) is 38.5 Å². The van der Waals surface area contributed by atoms with Crippen LogP contribution in [0.2, 0.25) is 0 Å². The molecular weight excluding hydrogens is 262 g/mol. The summed E-state index contributed by atoms with van der Waals surface area (Å²) in [6.07, 6.45) is 7.49. The molecule has 1 aromatic heterocycles. The Labute approximate surface area is 128 Å². The van der Waals surface area contributed by atoms with Crippen LogP contribution in [0.5, 0.6) is 0 Å². The Morgan fingerprint density at radius 1 is 1.33 bits per heavy atom. The Kier molecular flexibility index (Phi) is 6.39. The van der Waals surface area contributed by atoms with Gasteiger partial charge in [0, 0.05) is 25.7 Å². The molecule has 0 aromatic carbocycles. The molecule has 0 bridgehead atoms. The summed E-state index contributed by atoms with van der Waals surface area (Å²) in [5.41, 5.74) is 1.04. The zero-order chi connectivity index (χ0) is 15.1. The minimum atomic E-state index is 0.707. The van der Waals surface area contributed by atoms with Crippen LogP contribution < -0.4 is 5.32 Å². The summed E-state index contributed by atoms with van der Waals surface area (Å²) in [6.45, 7) is 9.75. The molecule has 21 heavy (non-hydrogen) atoms. The van der Waals surface area contributed by atoms with Crippen LogP contribution in [0.15, 0.2) is 12.4 Å². The lowest BCUT2D eigenvalue weighted by Gasteiger charge is -2.27. The van der Waals surface area contributed by atoms with Gasteiger partial charge in [-0.1, -0.05) is 13.8 Å². The molecule has 1 aliphatic heterocycles. The van der Waals surface area contributed by atoms with E-state index in [1.54, 1.807) is 0 Å². The number of likely N-dealkylation sites (N-methyl/N-ethyl adjacent to an activating group) is 2. The second-order valence-corrected chi connectivity index (χ2v) is 5.94. The van der Waals surface area contributed by atoms with Gasteiger partial charge in [0.05, 0.1) is 18.1 Å². The van der Waals surface area contributed by atoms with Crippen LogP contribution in [-0.4, -0.2) is 59.0 Å². The van der Waals surface area contributed by atoms with Crippen LogP contribution in [-0.2, 0) is 6.54 Å². The number of nitrogens with one attached hydrogen (secondary N) is 1. The van der Waals surface area contributed by atoms with Crippen molar-refractivity contribution in [1.29, 1.82) is 0 Å². The van der Waals surface area contributed by atoms with E-state index in [0.29, 0.717) is 6.04 Å². The molecule has 1 N–H and O–H groups in total. The SMILES string of the molecule is CCCNc1cnc(CN(C)CC2CCCN2CC)cn1.